The number of nitrogens with zero attached hydrogens (tertiary/aromatic N) is 2. The fraction of sp³-hybridized carbons (Fsp3) is 0.800. The van der Waals surface area contributed by atoms with Crippen molar-refractivity contribution in [3.8, 4) is 0 Å². The molecule has 3 nitrogen and oxygen atoms in total. The maximum Gasteiger partial charge on any atom is 0.0952 e. The van der Waals surface area contributed by atoms with Crippen LogP contribution in [0.2, 0.25) is 0 Å². The number of nitrogens with one attached hydrogen (secondary N) is 1. The molecule has 1 N–H and O–H groups in total. The summed E-state index contributed by atoms with van der Waals surface area (Å²) in [7, 11) is 0. The molecular formula is C15H25N3. The van der Waals surface area contributed by atoms with Crippen molar-refractivity contribution in [3.05, 3.63) is 17.7 Å². The van der Waals surface area contributed by atoms with E-state index in [2.05, 4.69) is 14.9 Å². The van der Waals surface area contributed by atoms with Crippen LogP contribution in [0.25, 0.3) is 0 Å². The molecule has 3 rings (SSSR count). The minimum absolute atomic E-state index is 0.946. The number of aromatic nitrogens is 2. The Kier molecular flexibility index (Phi) is 3.99. The van der Waals surface area contributed by atoms with Crippen molar-refractivity contribution in [2.45, 2.75) is 57.9 Å². The molecule has 2 aliphatic carbocycles. The zero-order valence-electron chi connectivity index (χ0n) is 11.3. The molecule has 3 heteroatoms. The van der Waals surface area contributed by atoms with Crippen LogP contribution in [0.3, 0.4) is 0 Å². The van der Waals surface area contributed by atoms with Crippen molar-refractivity contribution in [2.24, 2.45) is 5.92 Å². The van der Waals surface area contributed by atoms with Crippen molar-refractivity contribution in [2.75, 3.05) is 13.1 Å². The Labute approximate surface area is 110 Å². The number of hydrogen-bond donors (Lipinski definition) is 1. The maximum absolute atomic E-state index is 4.55. The SMILES string of the molecule is c1nc2c(n1CCNCC1CCCC1)CCCC2. The van der Waals surface area contributed by atoms with Crippen molar-refractivity contribution in [1.29, 1.82) is 0 Å². The van der Waals surface area contributed by atoms with Crippen molar-refractivity contribution in [3.63, 3.8) is 0 Å². The Morgan fingerprint density at radius 1 is 1.17 bits per heavy atom. The Bertz CT molecular complexity index is 377. The standard InChI is InChI=1S/C15H25N3/c1-2-6-13(5-1)11-16-9-10-18-12-17-14-7-3-4-8-15(14)18/h12-13,16H,1-11H2. The van der Waals surface area contributed by atoms with Crippen LogP contribution < -0.4 is 5.32 Å². The molecule has 0 aromatic carbocycles. The summed E-state index contributed by atoms with van der Waals surface area (Å²) in [6, 6.07) is 0. The van der Waals surface area contributed by atoms with Gasteiger partial charge in [-0.05, 0) is 51.0 Å². The zero-order chi connectivity index (χ0) is 12.2. The molecule has 0 spiro atoms. The summed E-state index contributed by atoms with van der Waals surface area (Å²) in [4.78, 5) is 4.55. The molecule has 0 unspecified atom stereocenters. The predicted octanol–water partition coefficient (Wildman–Crippen LogP) is 2.54. The number of hydrogen-bond acceptors (Lipinski definition) is 2. The lowest BCUT2D eigenvalue weighted by atomic mass is 10.0. The van der Waals surface area contributed by atoms with Crippen LogP contribution in [0.15, 0.2) is 6.33 Å². The summed E-state index contributed by atoms with van der Waals surface area (Å²) in [5, 5.41) is 3.62. The Balaban J connectivity index is 1.43. The number of fused-ring (bicyclic) bond motifs is 1. The van der Waals surface area contributed by atoms with Gasteiger partial charge in [-0.1, -0.05) is 12.8 Å². The lowest BCUT2D eigenvalue weighted by Gasteiger charge is -2.15. The first-order valence-electron chi connectivity index (χ1n) is 7.67. The van der Waals surface area contributed by atoms with Gasteiger partial charge in [0.25, 0.3) is 0 Å². The van der Waals surface area contributed by atoms with E-state index in [1.807, 2.05) is 6.33 Å². The average molecular weight is 247 g/mol. The summed E-state index contributed by atoms with van der Waals surface area (Å²) in [6.07, 6.45) is 12.9. The van der Waals surface area contributed by atoms with Crippen molar-refractivity contribution < 1.29 is 0 Å². The van der Waals surface area contributed by atoms with Gasteiger partial charge in [0.2, 0.25) is 0 Å². The lowest BCUT2D eigenvalue weighted by molar-refractivity contribution is 0.472. The lowest BCUT2D eigenvalue weighted by Crippen LogP contribution is -2.25. The smallest absolute Gasteiger partial charge is 0.0952 e. The molecule has 1 heterocycles. The Morgan fingerprint density at radius 3 is 2.89 bits per heavy atom. The molecule has 0 saturated heterocycles. The fourth-order valence-corrected chi connectivity index (χ4v) is 3.44. The highest BCUT2D eigenvalue weighted by Crippen LogP contribution is 2.23. The zero-order valence-corrected chi connectivity index (χ0v) is 11.3. The average Bonchev–Trinajstić information content (AvgIpc) is 3.04. The highest BCUT2D eigenvalue weighted by Gasteiger charge is 2.16. The first-order valence-corrected chi connectivity index (χ1v) is 7.67. The van der Waals surface area contributed by atoms with Gasteiger partial charge in [0, 0.05) is 18.8 Å². The molecule has 1 aromatic rings. The van der Waals surface area contributed by atoms with Gasteiger partial charge in [0.15, 0.2) is 0 Å². The largest absolute Gasteiger partial charge is 0.333 e. The van der Waals surface area contributed by atoms with Gasteiger partial charge in [0.1, 0.15) is 0 Å². The van der Waals surface area contributed by atoms with Gasteiger partial charge in [-0.2, -0.15) is 0 Å². The summed E-state index contributed by atoms with van der Waals surface area (Å²) in [6.45, 7) is 3.41. The van der Waals surface area contributed by atoms with Crippen LogP contribution in [0.4, 0.5) is 0 Å². The third-order valence-corrected chi connectivity index (χ3v) is 4.55. The first kappa shape index (κ1) is 12.2. The highest BCUT2D eigenvalue weighted by atomic mass is 15.1. The topological polar surface area (TPSA) is 29.9 Å². The van der Waals surface area contributed by atoms with Crippen LogP contribution in [-0.4, -0.2) is 22.6 Å². The molecule has 1 fully saturated rings. The minimum Gasteiger partial charge on any atom is -0.333 e. The van der Waals surface area contributed by atoms with Crippen LogP contribution >= 0.6 is 0 Å². The van der Waals surface area contributed by atoms with Crippen LogP contribution in [0.1, 0.15) is 49.9 Å². The predicted molar refractivity (Wildman–Crippen MR) is 73.7 cm³/mol. The molecule has 1 aromatic heterocycles. The fourth-order valence-electron chi connectivity index (χ4n) is 3.44. The normalized spacial score (nSPS) is 20.2. The van der Waals surface area contributed by atoms with E-state index >= 15 is 0 Å². The summed E-state index contributed by atoms with van der Waals surface area (Å²) >= 11 is 0. The maximum atomic E-state index is 4.55. The van der Waals surface area contributed by atoms with Gasteiger partial charge in [-0.3, -0.25) is 0 Å². The van der Waals surface area contributed by atoms with Crippen LogP contribution in [0, 0.1) is 5.92 Å². The number of aryl methyl sites for hydroxylation is 1. The van der Waals surface area contributed by atoms with E-state index in [1.54, 1.807) is 0 Å². The molecule has 18 heavy (non-hydrogen) atoms. The van der Waals surface area contributed by atoms with Crippen LogP contribution in [-0.2, 0) is 19.4 Å². The van der Waals surface area contributed by atoms with Gasteiger partial charge < -0.3 is 9.88 Å². The second-order valence-corrected chi connectivity index (χ2v) is 5.89. The van der Waals surface area contributed by atoms with E-state index in [9.17, 15) is 0 Å². The van der Waals surface area contributed by atoms with Crippen molar-refractivity contribution >= 4 is 0 Å². The van der Waals surface area contributed by atoms with Gasteiger partial charge >= 0.3 is 0 Å². The Hall–Kier alpha value is -0.830. The summed E-state index contributed by atoms with van der Waals surface area (Å²) < 4.78 is 2.37. The second-order valence-electron chi connectivity index (χ2n) is 5.89. The monoisotopic (exact) mass is 247 g/mol. The van der Waals surface area contributed by atoms with Gasteiger partial charge in [-0.15, -0.1) is 0 Å². The molecule has 0 atom stereocenters. The molecular weight excluding hydrogens is 222 g/mol. The first-order chi connectivity index (χ1) is 8.93. The highest BCUT2D eigenvalue weighted by molar-refractivity contribution is 5.16. The molecule has 100 valence electrons. The second kappa shape index (κ2) is 5.87. The van der Waals surface area contributed by atoms with Crippen molar-refractivity contribution in [1.82, 2.24) is 14.9 Å². The van der Waals surface area contributed by atoms with E-state index in [-0.39, 0.29) is 0 Å². The van der Waals surface area contributed by atoms with Gasteiger partial charge in [-0.25, -0.2) is 4.98 Å². The Morgan fingerprint density at radius 2 is 2.00 bits per heavy atom. The third-order valence-electron chi connectivity index (χ3n) is 4.55. The molecule has 0 aliphatic heterocycles. The summed E-state index contributed by atoms with van der Waals surface area (Å²) in [5.74, 6) is 0.946. The van der Waals surface area contributed by atoms with E-state index in [1.165, 1.54) is 69.3 Å². The van der Waals surface area contributed by atoms with E-state index in [4.69, 9.17) is 0 Å². The molecule has 0 bridgehead atoms. The summed E-state index contributed by atoms with van der Waals surface area (Å²) in [5.41, 5.74) is 2.86. The van der Waals surface area contributed by atoms with E-state index in [0.717, 1.165) is 19.0 Å². The number of rotatable bonds is 5. The number of imidazole rings is 1. The van der Waals surface area contributed by atoms with Gasteiger partial charge in [0.05, 0.1) is 12.0 Å². The molecule has 0 radical (unpaired) electrons. The molecule has 0 amide bonds. The van der Waals surface area contributed by atoms with Crippen LogP contribution in [0.5, 0.6) is 0 Å². The molecule has 1 saturated carbocycles. The molecule has 2 aliphatic rings. The minimum atomic E-state index is 0.946. The van der Waals surface area contributed by atoms with E-state index in [0.29, 0.717) is 0 Å². The third kappa shape index (κ3) is 2.77. The quantitative estimate of drug-likeness (QED) is 0.810. The van der Waals surface area contributed by atoms with E-state index < -0.39 is 0 Å².